The lowest BCUT2D eigenvalue weighted by Gasteiger charge is -2.13. The number of aryl methyl sites for hydroxylation is 1. The highest BCUT2D eigenvalue weighted by molar-refractivity contribution is 7.90. The third-order valence-electron chi connectivity index (χ3n) is 3.16. The smallest absolute Gasteiger partial charge is 0.252 e. The van der Waals surface area contributed by atoms with E-state index in [1.54, 1.807) is 32.3 Å². The van der Waals surface area contributed by atoms with Crippen LogP contribution >= 0.6 is 0 Å². The van der Waals surface area contributed by atoms with Crippen molar-refractivity contribution in [2.45, 2.75) is 24.8 Å². The molecule has 1 amide bonds. The Morgan fingerprint density at radius 1 is 1.38 bits per heavy atom. The third-order valence-corrected chi connectivity index (χ3v) is 4.27. The minimum absolute atomic E-state index is 0.129. The molecule has 0 fully saturated rings. The molecule has 0 aliphatic carbocycles. The second-order valence-corrected chi connectivity index (χ2v) is 6.93. The van der Waals surface area contributed by atoms with E-state index in [0.717, 1.165) is 6.26 Å². The number of nitrogens with zero attached hydrogens (tertiary/aromatic N) is 1. The Balaban J connectivity index is 2.27. The van der Waals surface area contributed by atoms with E-state index in [4.69, 9.17) is 0 Å². The number of nitrogens with one attached hydrogen (secondary N) is 2. The number of imidazole rings is 1. The van der Waals surface area contributed by atoms with Crippen LogP contribution in [0.4, 0.5) is 0 Å². The third kappa shape index (κ3) is 3.49. The molecule has 0 aliphatic rings. The summed E-state index contributed by atoms with van der Waals surface area (Å²) in [6, 6.07) is 4.23. The summed E-state index contributed by atoms with van der Waals surface area (Å²) < 4.78 is 23.2. The molecule has 2 rings (SSSR count). The summed E-state index contributed by atoms with van der Waals surface area (Å²) in [6.45, 7) is 3.56. The van der Waals surface area contributed by atoms with E-state index in [2.05, 4.69) is 15.3 Å². The Labute approximate surface area is 123 Å². The second kappa shape index (κ2) is 5.69. The van der Waals surface area contributed by atoms with E-state index in [0.29, 0.717) is 17.0 Å². The lowest BCUT2D eigenvalue weighted by molar-refractivity contribution is 0.0937. The Kier molecular flexibility index (Phi) is 4.13. The zero-order valence-corrected chi connectivity index (χ0v) is 12.9. The van der Waals surface area contributed by atoms with E-state index in [1.807, 2.05) is 0 Å². The molecule has 1 heterocycles. The van der Waals surface area contributed by atoms with Crippen LogP contribution in [0.15, 0.2) is 35.5 Å². The topological polar surface area (TPSA) is 91.9 Å². The molecule has 7 heteroatoms. The van der Waals surface area contributed by atoms with Gasteiger partial charge < -0.3 is 10.3 Å². The van der Waals surface area contributed by atoms with E-state index >= 15 is 0 Å². The SMILES string of the molecule is Cc1ccc(S(C)(=O)=O)cc1C(=O)NC(C)c1ncc[nH]1. The van der Waals surface area contributed by atoms with Gasteiger partial charge in [0.15, 0.2) is 9.84 Å². The number of carbonyl (C=O) groups is 1. The maximum atomic E-state index is 12.3. The van der Waals surface area contributed by atoms with Crippen LogP contribution in [0, 0.1) is 6.92 Å². The molecule has 0 spiro atoms. The van der Waals surface area contributed by atoms with Crippen molar-refractivity contribution < 1.29 is 13.2 Å². The average molecular weight is 307 g/mol. The molecule has 2 N–H and O–H groups in total. The normalized spacial score (nSPS) is 12.9. The highest BCUT2D eigenvalue weighted by Crippen LogP contribution is 2.17. The first kappa shape index (κ1) is 15.2. The van der Waals surface area contributed by atoms with Crippen LogP contribution in [-0.2, 0) is 9.84 Å². The van der Waals surface area contributed by atoms with Gasteiger partial charge >= 0.3 is 0 Å². The number of benzene rings is 1. The number of amides is 1. The van der Waals surface area contributed by atoms with Gasteiger partial charge in [0.1, 0.15) is 5.82 Å². The van der Waals surface area contributed by atoms with Crippen LogP contribution in [-0.4, -0.2) is 30.5 Å². The van der Waals surface area contributed by atoms with Gasteiger partial charge in [-0.15, -0.1) is 0 Å². The van der Waals surface area contributed by atoms with Crippen LogP contribution in [0.1, 0.15) is 34.7 Å². The fourth-order valence-corrected chi connectivity index (χ4v) is 2.58. The summed E-state index contributed by atoms with van der Waals surface area (Å²) in [7, 11) is -3.35. The summed E-state index contributed by atoms with van der Waals surface area (Å²) >= 11 is 0. The summed E-state index contributed by atoms with van der Waals surface area (Å²) in [4.78, 5) is 19.4. The Bertz CT molecular complexity index is 752. The van der Waals surface area contributed by atoms with Crippen LogP contribution in [0.5, 0.6) is 0 Å². The highest BCUT2D eigenvalue weighted by Gasteiger charge is 2.17. The van der Waals surface area contributed by atoms with Crippen molar-refractivity contribution in [3.63, 3.8) is 0 Å². The predicted octanol–water partition coefficient (Wildman–Crippen LogP) is 1.61. The van der Waals surface area contributed by atoms with Gasteiger partial charge in [-0.05, 0) is 31.5 Å². The van der Waals surface area contributed by atoms with Crippen molar-refractivity contribution in [2.75, 3.05) is 6.26 Å². The number of hydrogen-bond acceptors (Lipinski definition) is 4. The molecule has 1 aromatic carbocycles. The number of aromatic amines is 1. The van der Waals surface area contributed by atoms with Gasteiger partial charge in [-0.1, -0.05) is 6.07 Å². The van der Waals surface area contributed by atoms with Crippen LogP contribution in [0.25, 0.3) is 0 Å². The molecule has 0 saturated carbocycles. The predicted molar refractivity (Wildman–Crippen MR) is 78.8 cm³/mol. The fourth-order valence-electron chi connectivity index (χ4n) is 1.93. The molecule has 1 unspecified atom stereocenters. The van der Waals surface area contributed by atoms with E-state index < -0.39 is 9.84 Å². The van der Waals surface area contributed by atoms with Gasteiger partial charge in [0.05, 0.1) is 10.9 Å². The zero-order chi connectivity index (χ0) is 15.6. The van der Waals surface area contributed by atoms with Crippen LogP contribution in [0.3, 0.4) is 0 Å². The fraction of sp³-hybridized carbons (Fsp3) is 0.286. The second-order valence-electron chi connectivity index (χ2n) is 4.92. The molecule has 0 aliphatic heterocycles. The summed E-state index contributed by atoms with van der Waals surface area (Å²) in [5.41, 5.74) is 1.06. The summed E-state index contributed by atoms with van der Waals surface area (Å²) in [6.07, 6.45) is 4.39. The van der Waals surface area contributed by atoms with Gasteiger partial charge in [-0.3, -0.25) is 4.79 Å². The van der Waals surface area contributed by atoms with Gasteiger partial charge in [-0.2, -0.15) is 0 Å². The average Bonchev–Trinajstić information content (AvgIpc) is 2.91. The van der Waals surface area contributed by atoms with E-state index in [-0.39, 0.29) is 16.8 Å². The molecule has 6 nitrogen and oxygen atoms in total. The first-order valence-electron chi connectivity index (χ1n) is 6.40. The number of hydrogen-bond donors (Lipinski definition) is 2. The molecule has 1 aromatic heterocycles. The monoisotopic (exact) mass is 307 g/mol. The molecular weight excluding hydrogens is 290 g/mol. The minimum atomic E-state index is -3.35. The molecule has 1 atom stereocenters. The standard InChI is InChI=1S/C14H17N3O3S/c1-9-4-5-11(21(3,19)20)8-12(9)14(18)17-10(2)13-15-6-7-16-13/h4-8,10H,1-3H3,(H,15,16)(H,17,18). The number of H-pyrrole nitrogens is 1. The Morgan fingerprint density at radius 2 is 2.10 bits per heavy atom. The number of aromatic nitrogens is 2. The van der Waals surface area contributed by atoms with E-state index in [9.17, 15) is 13.2 Å². The number of rotatable bonds is 4. The van der Waals surface area contributed by atoms with Crippen molar-refractivity contribution in [2.24, 2.45) is 0 Å². The maximum absolute atomic E-state index is 12.3. The van der Waals surface area contributed by atoms with Crippen molar-refractivity contribution in [1.82, 2.24) is 15.3 Å². The molecule has 0 bridgehead atoms. The largest absolute Gasteiger partial charge is 0.347 e. The van der Waals surface area contributed by atoms with Crippen molar-refractivity contribution >= 4 is 15.7 Å². The van der Waals surface area contributed by atoms with Crippen LogP contribution in [0.2, 0.25) is 0 Å². The van der Waals surface area contributed by atoms with Crippen LogP contribution < -0.4 is 5.32 Å². The molecule has 21 heavy (non-hydrogen) atoms. The molecule has 0 saturated heterocycles. The minimum Gasteiger partial charge on any atom is -0.347 e. The number of carbonyl (C=O) groups excluding carboxylic acids is 1. The quantitative estimate of drug-likeness (QED) is 0.897. The van der Waals surface area contributed by atoms with Gasteiger partial charge in [0.2, 0.25) is 0 Å². The molecule has 112 valence electrons. The first-order chi connectivity index (χ1) is 9.79. The zero-order valence-electron chi connectivity index (χ0n) is 12.0. The summed E-state index contributed by atoms with van der Waals surface area (Å²) in [5.74, 6) is 0.308. The summed E-state index contributed by atoms with van der Waals surface area (Å²) in [5, 5.41) is 2.79. The molecular formula is C14H17N3O3S. The van der Waals surface area contributed by atoms with Crippen molar-refractivity contribution in [3.05, 3.63) is 47.5 Å². The lowest BCUT2D eigenvalue weighted by atomic mass is 10.1. The van der Waals surface area contributed by atoms with Gasteiger partial charge in [0.25, 0.3) is 5.91 Å². The lowest BCUT2D eigenvalue weighted by Crippen LogP contribution is -2.28. The Hall–Kier alpha value is -2.15. The van der Waals surface area contributed by atoms with Gasteiger partial charge in [0, 0.05) is 24.2 Å². The highest BCUT2D eigenvalue weighted by atomic mass is 32.2. The van der Waals surface area contributed by atoms with Gasteiger partial charge in [-0.25, -0.2) is 13.4 Å². The maximum Gasteiger partial charge on any atom is 0.252 e. The molecule has 2 aromatic rings. The van der Waals surface area contributed by atoms with Crippen molar-refractivity contribution in [1.29, 1.82) is 0 Å². The Morgan fingerprint density at radius 3 is 2.67 bits per heavy atom. The first-order valence-corrected chi connectivity index (χ1v) is 8.29. The molecule has 0 radical (unpaired) electrons. The van der Waals surface area contributed by atoms with E-state index in [1.165, 1.54) is 12.1 Å². The van der Waals surface area contributed by atoms with Crippen molar-refractivity contribution in [3.8, 4) is 0 Å². The number of sulfone groups is 1.